The number of urea groups is 1. The van der Waals surface area contributed by atoms with Gasteiger partial charge in [-0.3, -0.25) is 4.79 Å². The number of nitrogens with one attached hydrogen (secondary N) is 3. The first-order valence-electron chi connectivity index (χ1n) is 10.7. The normalized spacial score (nSPS) is 11.2. The molecule has 9 heteroatoms. The quantitative estimate of drug-likeness (QED) is 0.378. The van der Waals surface area contributed by atoms with E-state index in [0.29, 0.717) is 11.3 Å². The minimum absolute atomic E-state index is 0.00138. The van der Waals surface area contributed by atoms with Crippen molar-refractivity contribution in [2.75, 3.05) is 24.9 Å². The van der Waals surface area contributed by atoms with Crippen molar-refractivity contribution < 1.29 is 29.0 Å². The Hall–Kier alpha value is -4.53. The Balaban J connectivity index is 1.95. The highest BCUT2D eigenvalue weighted by Gasteiger charge is 2.26. The summed E-state index contributed by atoms with van der Waals surface area (Å²) in [5, 5.41) is 17.7. The molecule has 0 aliphatic carbocycles. The van der Waals surface area contributed by atoms with Crippen molar-refractivity contribution >= 4 is 29.3 Å². The fourth-order valence-corrected chi connectivity index (χ4v) is 3.59. The number of carboxylic acid groups (broad SMARTS) is 1. The molecule has 0 fully saturated rings. The van der Waals surface area contributed by atoms with Gasteiger partial charge in [-0.25, -0.2) is 9.59 Å². The van der Waals surface area contributed by atoms with Crippen LogP contribution >= 0.6 is 0 Å². The van der Waals surface area contributed by atoms with Gasteiger partial charge in [-0.1, -0.05) is 48.5 Å². The van der Waals surface area contributed by atoms with Gasteiger partial charge in [0.1, 0.15) is 0 Å². The molecule has 0 aliphatic heterocycles. The zero-order valence-electron chi connectivity index (χ0n) is 19.8. The molecule has 1 unspecified atom stereocenters. The van der Waals surface area contributed by atoms with Crippen LogP contribution in [0.4, 0.5) is 16.2 Å². The Kier molecular flexibility index (Phi) is 7.93. The van der Waals surface area contributed by atoms with Crippen LogP contribution in [-0.4, -0.2) is 37.2 Å². The maximum Gasteiger partial charge on any atom is 0.330 e. The van der Waals surface area contributed by atoms with E-state index >= 15 is 0 Å². The minimum Gasteiger partial charge on any atom is -0.493 e. The number of carbonyl (C=O) groups is 3. The minimum atomic E-state index is -1.30. The highest BCUT2D eigenvalue weighted by molar-refractivity contribution is 6.08. The van der Waals surface area contributed by atoms with Crippen molar-refractivity contribution in [3.63, 3.8) is 0 Å². The summed E-state index contributed by atoms with van der Waals surface area (Å²) in [6.45, 7) is 3.74. The average molecular weight is 478 g/mol. The molecule has 3 aromatic rings. The maximum absolute atomic E-state index is 13.2. The first-order chi connectivity index (χ1) is 16.7. The van der Waals surface area contributed by atoms with E-state index in [1.807, 2.05) is 32.0 Å². The number of carbonyl (C=O) groups excluding carboxylic acids is 2. The molecule has 0 saturated carbocycles. The van der Waals surface area contributed by atoms with E-state index in [1.165, 1.54) is 26.4 Å². The lowest BCUT2D eigenvalue weighted by Gasteiger charge is -2.19. The number of aryl methyl sites for hydroxylation is 2. The van der Waals surface area contributed by atoms with E-state index in [9.17, 15) is 19.5 Å². The molecule has 3 amide bonds. The number of methoxy groups -OCH3 is 2. The van der Waals surface area contributed by atoms with Crippen LogP contribution in [0.25, 0.3) is 0 Å². The third kappa shape index (κ3) is 5.89. The van der Waals surface area contributed by atoms with Gasteiger partial charge in [0, 0.05) is 11.8 Å². The SMILES string of the molecule is COc1cc(NC(=O)Nc2c(C)cccc2C)c(C(=O)NC(C(=O)O)c2ccccc2)cc1OC. The molecule has 0 saturated heterocycles. The monoisotopic (exact) mass is 477 g/mol. The second kappa shape index (κ2) is 11.1. The van der Waals surface area contributed by atoms with Gasteiger partial charge in [0.2, 0.25) is 0 Å². The second-order valence-electron chi connectivity index (χ2n) is 7.75. The zero-order chi connectivity index (χ0) is 25.5. The lowest BCUT2D eigenvalue weighted by molar-refractivity contribution is -0.139. The largest absolute Gasteiger partial charge is 0.493 e. The van der Waals surface area contributed by atoms with E-state index in [4.69, 9.17) is 9.47 Å². The third-order valence-corrected chi connectivity index (χ3v) is 5.39. The van der Waals surface area contributed by atoms with Crippen LogP contribution in [0.5, 0.6) is 11.5 Å². The molecule has 0 aliphatic rings. The summed E-state index contributed by atoms with van der Waals surface area (Å²) in [6, 6.07) is 14.9. The predicted octanol–water partition coefficient (Wildman–Crippen LogP) is 4.52. The fraction of sp³-hybridized carbons (Fsp3) is 0.192. The van der Waals surface area contributed by atoms with Gasteiger partial charge in [-0.2, -0.15) is 0 Å². The van der Waals surface area contributed by atoms with Crippen LogP contribution < -0.4 is 25.4 Å². The lowest BCUT2D eigenvalue weighted by atomic mass is 10.1. The van der Waals surface area contributed by atoms with Crippen LogP contribution in [-0.2, 0) is 4.79 Å². The van der Waals surface area contributed by atoms with Crippen LogP contribution in [0.3, 0.4) is 0 Å². The molecule has 0 radical (unpaired) electrons. The van der Waals surface area contributed by atoms with Gasteiger partial charge in [0.15, 0.2) is 17.5 Å². The fourth-order valence-electron chi connectivity index (χ4n) is 3.59. The Morgan fingerprint density at radius 3 is 2.00 bits per heavy atom. The molecular weight excluding hydrogens is 450 g/mol. The van der Waals surface area contributed by atoms with E-state index in [1.54, 1.807) is 30.3 Å². The third-order valence-electron chi connectivity index (χ3n) is 5.39. The molecule has 0 aromatic heterocycles. The van der Waals surface area contributed by atoms with Crippen molar-refractivity contribution in [3.05, 3.63) is 82.9 Å². The number of aliphatic carboxylic acids is 1. The van der Waals surface area contributed by atoms with Gasteiger partial charge >= 0.3 is 12.0 Å². The van der Waals surface area contributed by atoms with Crippen molar-refractivity contribution in [3.8, 4) is 11.5 Å². The van der Waals surface area contributed by atoms with E-state index in [0.717, 1.165) is 11.1 Å². The Bertz CT molecular complexity index is 1220. The smallest absolute Gasteiger partial charge is 0.330 e. The summed E-state index contributed by atoms with van der Waals surface area (Å²) in [6.07, 6.45) is 0. The molecule has 1 atom stereocenters. The number of para-hydroxylation sites is 1. The highest BCUT2D eigenvalue weighted by Crippen LogP contribution is 2.34. The first-order valence-corrected chi connectivity index (χ1v) is 10.7. The summed E-state index contributed by atoms with van der Waals surface area (Å²) < 4.78 is 10.6. The Morgan fingerprint density at radius 1 is 0.829 bits per heavy atom. The number of rotatable bonds is 8. The van der Waals surface area contributed by atoms with Crippen molar-refractivity contribution in [2.24, 2.45) is 0 Å². The van der Waals surface area contributed by atoms with Crippen molar-refractivity contribution in [2.45, 2.75) is 19.9 Å². The Labute approximate surface area is 203 Å². The van der Waals surface area contributed by atoms with Crippen LogP contribution in [0.2, 0.25) is 0 Å². The van der Waals surface area contributed by atoms with E-state index in [2.05, 4.69) is 16.0 Å². The molecule has 3 aromatic carbocycles. The van der Waals surface area contributed by atoms with E-state index in [-0.39, 0.29) is 22.7 Å². The molecule has 0 heterocycles. The maximum atomic E-state index is 13.2. The lowest BCUT2D eigenvalue weighted by Crippen LogP contribution is -2.34. The van der Waals surface area contributed by atoms with Crippen molar-refractivity contribution in [1.29, 1.82) is 0 Å². The van der Waals surface area contributed by atoms with Gasteiger partial charge in [-0.05, 0) is 36.6 Å². The Morgan fingerprint density at radius 2 is 1.43 bits per heavy atom. The molecule has 182 valence electrons. The van der Waals surface area contributed by atoms with Gasteiger partial charge in [-0.15, -0.1) is 0 Å². The average Bonchev–Trinajstić information content (AvgIpc) is 2.84. The van der Waals surface area contributed by atoms with Crippen LogP contribution in [0.1, 0.15) is 33.1 Å². The first kappa shape index (κ1) is 25.1. The number of hydrogen-bond acceptors (Lipinski definition) is 5. The molecule has 0 spiro atoms. The summed E-state index contributed by atoms with van der Waals surface area (Å²) in [5.41, 5.74) is 2.90. The summed E-state index contributed by atoms with van der Waals surface area (Å²) in [5.74, 6) is -1.42. The molecule has 35 heavy (non-hydrogen) atoms. The zero-order valence-corrected chi connectivity index (χ0v) is 19.8. The number of amides is 3. The standard InChI is InChI=1S/C26H27N3O6/c1-15-9-8-10-16(2)22(15)29-26(33)27-19-14-21(35-4)20(34-3)13-18(19)24(30)28-23(25(31)32)17-11-6-5-7-12-17/h5-14,23H,1-4H3,(H,28,30)(H,31,32)(H2,27,29,33). The molecule has 4 N–H and O–H groups in total. The van der Waals surface area contributed by atoms with Crippen LogP contribution in [0, 0.1) is 13.8 Å². The molecular formula is C26H27N3O6. The van der Waals surface area contributed by atoms with Gasteiger partial charge in [0.05, 0.1) is 25.5 Å². The number of benzene rings is 3. The molecule has 9 nitrogen and oxygen atoms in total. The van der Waals surface area contributed by atoms with Crippen molar-refractivity contribution in [1.82, 2.24) is 5.32 Å². The number of carboxylic acids is 1. The molecule has 3 rings (SSSR count). The predicted molar refractivity (Wildman–Crippen MR) is 132 cm³/mol. The number of anilines is 2. The van der Waals surface area contributed by atoms with Crippen LogP contribution in [0.15, 0.2) is 60.7 Å². The topological polar surface area (TPSA) is 126 Å². The second-order valence-corrected chi connectivity index (χ2v) is 7.75. The van der Waals surface area contributed by atoms with Gasteiger partial charge in [0.25, 0.3) is 5.91 Å². The number of hydrogen-bond donors (Lipinski definition) is 4. The molecule has 0 bridgehead atoms. The summed E-state index contributed by atoms with van der Waals surface area (Å²) >= 11 is 0. The summed E-state index contributed by atoms with van der Waals surface area (Å²) in [4.78, 5) is 38.0. The number of ether oxygens (including phenoxy) is 2. The summed E-state index contributed by atoms with van der Waals surface area (Å²) in [7, 11) is 2.83. The van der Waals surface area contributed by atoms with Gasteiger partial charge < -0.3 is 30.5 Å². The highest BCUT2D eigenvalue weighted by atomic mass is 16.5. The van der Waals surface area contributed by atoms with E-state index < -0.39 is 23.9 Å².